The van der Waals surface area contributed by atoms with Gasteiger partial charge in [-0.1, -0.05) is 12.8 Å². The Morgan fingerprint density at radius 2 is 1.83 bits per heavy atom. The minimum absolute atomic E-state index is 0.162. The number of esters is 1. The van der Waals surface area contributed by atoms with E-state index in [-0.39, 0.29) is 12.0 Å². The molecule has 0 spiro atoms. The van der Waals surface area contributed by atoms with Gasteiger partial charge < -0.3 is 10.1 Å². The van der Waals surface area contributed by atoms with Crippen LogP contribution in [-0.2, 0) is 9.53 Å². The molecule has 0 radical (unpaired) electrons. The second-order valence-corrected chi connectivity index (χ2v) is 6.60. The number of ether oxygens (including phenoxy) is 1. The Balaban J connectivity index is 3.52. The lowest BCUT2D eigenvalue weighted by molar-refractivity contribution is -0.156. The number of hydrogen-bond acceptors (Lipinski definition) is 4. The van der Waals surface area contributed by atoms with E-state index in [0.29, 0.717) is 0 Å². The third-order valence-electron chi connectivity index (χ3n) is 2.49. The van der Waals surface area contributed by atoms with E-state index in [2.05, 4.69) is 11.6 Å². The molecule has 0 aliphatic heterocycles. The van der Waals surface area contributed by atoms with Gasteiger partial charge in [0.25, 0.3) is 0 Å². The zero-order valence-corrected chi connectivity index (χ0v) is 13.4. The van der Waals surface area contributed by atoms with E-state index in [0.717, 1.165) is 13.0 Å². The van der Waals surface area contributed by atoms with E-state index >= 15 is 0 Å². The molecule has 0 saturated carbocycles. The molecule has 0 bridgehead atoms. The van der Waals surface area contributed by atoms with Gasteiger partial charge in [-0.15, -0.1) is 0 Å². The summed E-state index contributed by atoms with van der Waals surface area (Å²) < 4.78 is 5.31. The topological polar surface area (TPSA) is 38.3 Å². The van der Waals surface area contributed by atoms with Crippen molar-refractivity contribution in [2.24, 2.45) is 0 Å². The van der Waals surface area contributed by atoms with Crippen molar-refractivity contribution in [2.75, 3.05) is 18.6 Å². The average molecular weight is 275 g/mol. The summed E-state index contributed by atoms with van der Waals surface area (Å²) in [7, 11) is 0. The molecule has 0 aromatic heterocycles. The lowest BCUT2D eigenvalue weighted by Crippen LogP contribution is -2.39. The molecule has 1 atom stereocenters. The minimum Gasteiger partial charge on any atom is -0.459 e. The summed E-state index contributed by atoms with van der Waals surface area (Å²) in [4.78, 5) is 11.7. The molecule has 108 valence electrons. The lowest BCUT2D eigenvalue weighted by Gasteiger charge is -2.22. The molecule has 18 heavy (non-hydrogen) atoms. The predicted octanol–water partition coefficient (Wildman–Crippen LogP) is 3.23. The van der Waals surface area contributed by atoms with E-state index in [1.54, 1.807) is 0 Å². The van der Waals surface area contributed by atoms with Gasteiger partial charge in [0.15, 0.2) is 0 Å². The van der Waals surface area contributed by atoms with Gasteiger partial charge in [-0.2, -0.15) is 11.8 Å². The molecule has 0 aromatic carbocycles. The normalized spacial score (nSPS) is 13.4. The molecule has 1 unspecified atom stereocenters. The van der Waals surface area contributed by atoms with Gasteiger partial charge in [0.1, 0.15) is 11.6 Å². The maximum Gasteiger partial charge on any atom is 0.323 e. The van der Waals surface area contributed by atoms with E-state index in [9.17, 15) is 4.79 Å². The smallest absolute Gasteiger partial charge is 0.323 e. The molecular weight excluding hydrogens is 246 g/mol. The standard InChI is InChI=1S/C14H29NO2S/c1-12(13(16)17-14(2,3)4)15-10-8-6-7-9-11-18-5/h12,15H,6-11H2,1-5H3. The molecule has 1 N–H and O–H groups in total. The van der Waals surface area contributed by atoms with Crippen molar-refractivity contribution in [3.05, 3.63) is 0 Å². The van der Waals surface area contributed by atoms with Gasteiger partial charge in [0.2, 0.25) is 0 Å². The van der Waals surface area contributed by atoms with Gasteiger partial charge >= 0.3 is 5.97 Å². The monoisotopic (exact) mass is 275 g/mol. The molecule has 0 fully saturated rings. The van der Waals surface area contributed by atoms with Crippen LogP contribution < -0.4 is 5.32 Å². The summed E-state index contributed by atoms with van der Waals surface area (Å²) in [6.07, 6.45) is 7.08. The van der Waals surface area contributed by atoms with Crippen molar-refractivity contribution in [3.8, 4) is 0 Å². The van der Waals surface area contributed by atoms with Crippen molar-refractivity contribution in [2.45, 2.75) is 65.0 Å². The highest BCUT2D eigenvalue weighted by Gasteiger charge is 2.20. The number of carbonyl (C=O) groups is 1. The first kappa shape index (κ1) is 17.8. The molecular formula is C14H29NO2S. The number of nitrogens with one attached hydrogen (secondary N) is 1. The van der Waals surface area contributed by atoms with Crippen molar-refractivity contribution in [1.82, 2.24) is 5.32 Å². The Morgan fingerprint density at radius 3 is 2.39 bits per heavy atom. The number of rotatable bonds is 9. The molecule has 0 heterocycles. The van der Waals surface area contributed by atoms with Gasteiger partial charge in [-0.05, 0) is 59.1 Å². The Hall–Kier alpha value is -0.220. The van der Waals surface area contributed by atoms with Crippen LogP contribution in [0.2, 0.25) is 0 Å². The molecule has 0 aliphatic carbocycles. The molecule has 4 heteroatoms. The van der Waals surface area contributed by atoms with Crippen LogP contribution in [0.5, 0.6) is 0 Å². The maximum atomic E-state index is 11.7. The third-order valence-corrected chi connectivity index (χ3v) is 3.18. The van der Waals surface area contributed by atoms with E-state index in [4.69, 9.17) is 4.74 Å². The molecule has 0 aliphatic rings. The Kier molecular flexibility index (Phi) is 9.56. The first-order valence-corrected chi connectivity index (χ1v) is 8.21. The van der Waals surface area contributed by atoms with Crippen LogP contribution >= 0.6 is 11.8 Å². The van der Waals surface area contributed by atoms with Crippen LogP contribution in [0, 0.1) is 0 Å². The van der Waals surface area contributed by atoms with Gasteiger partial charge in [-0.3, -0.25) is 4.79 Å². The Bertz CT molecular complexity index is 226. The fourth-order valence-corrected chi connectivity index (χ4v) is 2.01. The lowest BCUT2D eigenvalue weighted by atomic mass is 10.2. The van der Waals surface area contributed by atoms with Crippen LogP contribution in [-0.4, -0.2) is 36.2 Å². The number of hydrogen-bond donors (Lipinski definition) is 1. The van der Waals surface area contributed by atoms with Crippen molar-refractivity contribution in [1.29, 1.82) is 0 Å². The highest BCUT2D eigenvalue weighted by atomic mass is 32.2. The van der Waals surface area contributed by atoms with E-state index in [1.165, 1.54) is 25.0 Å². The third kappa shape index (κ3) is 10.9. The summed E-state index contributed by atoms with van der Waals surface area (Å²) >= 11 is 1.90. The number of thioether (sulfide) groups is 1. The second-order valence-electron chi connectivity index (χ2n) is 5.62. The largest absolute Gasteiger partial charge is 0.459 e. The average Bonchev–Trinajstić information content (AvgIpc) is 2.25. The molecule has 0 amide bonds. The van der Waals surface area contributed by atoms with Crippen LogP contribution in [0.1, 0.15) is 53.4 Å². The highest BCUT2D eigenvalue weighted by molar-refractivity contribution is 7.98. The van der Waals surface area contributed by atoms with Crippen LogP contribution in [0.3, 0.4) is 0 Å². The van der Waals surface area contributed by atoms with E-state index < -0.39 is 5.60 Å². The second kappa shape index (κ2) is 9.68. The number of unbranched alkanes of at least 4 members (excludes halogenated alkanes) is 3. The molecule has 0 aromatic rings. The van der Waals surface area contributed by atoms with E-state index in [1.807, 2.05) is 39.5 Å². The Labute approximate surface area is 116 Å². The maximum absolute atomic E-state index is 11.7. The van der Waals surface area contributed by atoms with Crippen molar-refractivity contribution < 1.29 is 9.53 Å². The fraction of sp³-hybridized carbons (Fsp3) is 0.929. The number of carbonyl (C=O) groups excluding carboxylic acids is 1. The van der Waals surface area contributed by atoms with Gasteiger partial charge in [0.05, 0.1) is 0 Å². The summed E-state index contributed by atoms with van der Waals surface area (Å²) in [5, 5.41) is 3.22. The van der Waals surface area contributed by atoms with Crippen LogP contribution in [0.25, 0.3) is 0 Å². The predicted molar refractivity (Wildman–Crippen MR) is 80.2 cm³/mol. The summed E-state index contributed by atoms with van der Waals surface area (Å²) in [6, 6.07) is -0.213. The zero-order chi connectivity index (χ0) is 14.0. The van der Waals surface area contributed by atoms with Gasteiger partial charge in [-0.25, -0.2) is 0 Å². The summed E-state index contributed by atoms with van der Waals surface area (Å²) in [5.74, 6) is 1.09. The first-order valence-electron chi connectivity index (χ1n) is 6.82. The zero-order valence-electron chi connectivity index (χ0n) is 12.5. The molecule has 3 nitrogen and oxygen atoms in total. The van der Waals surface area contributed by atoms with Crippen molar-refractivity contribution >= 4 is 17.7 Å². The minimum atomic E-state index is -0.398. The summed E-state index contributed by atoms with van der Waals surface area (Å²) in [6.45, 7) is 8.43. The molecule has 0 rings (SSSR count). The first-order chi connectivity index (χ1) is 8.37. The quantitative estimate of drug-likeness (QED) is 0.518. The van der Waals surface area contributed by atoms with Crippen molar-refractivity contribution in [3.63, 3.8) is 0 Å². The van der Waals surface area contributed by atoms with Gasteiger partial charge in [0, 0.05) is 0 Å². The molecule has 0 saturated heterocycles. The summed E-state index contributed by atoms with van der Waals surface area (Å²) in [5.41, 5.74) is -0.398. The van der Waals surface area contributed by atoms with Crippen LogP contribution in [0.15, 0.2) is 0 Å². The highest BCUT2D eigenvalue weighted by Crippen LogP contribution is 2.08. The fourth-order valence-electron chi connectivity index (χ4n) is 1.52. The SMILES string of the molecule is CSCCCCCCNC(C)C(=O)OC(C)(C)C. The van der Waals surface area contributed by atoms with Crippen LogP contribution in [0.4, 0.5) is 0 Å². The Morgan fingerprint density at radius 1 is 1.22 bits per heavy atom.